The summed E-state index contributed by atoms with van der Waals surface area (Å²) >= 11 is 1.52. The maximum absolute atomic E-state index is 11.6. The molecule has 1 fully saturated rings. The van der Waals surface area contributed by atoms with Gasteiger partial charge in [-0.1, -0.05) is 17.7 Å². The Morgan fingerprint density at radius 3 is 2.47 bits per heavy atom. The van der Waals surface area contributed by atoms with E-state index in [4.69, 9.17) is 4.74 Å². The van der Waals surface area contributed by atoms with Crippen molar-refractivity contribution in [3.63, 3.8) is 0 Å². The normalized spacial score (nSPS) is 13.1. The van der Waals surface area contributed by atoms with Crippen LogP contribution in [0.2, 0.25) is 0 Å². The van der Waals surface area contributed by atoms with E-state index >= 15 is 0 Å². The minimum absolute atomic E-state index is 0.322. The Balaban J connectivity index is 1.37. The highest BCUT2D eigenvalue weighted by Crippen LogP contribution is 2.28. The Bertz CT molecular complexity index is 1120. The number of aromatic nitrogens is 2. The van der Waals surface area contributed by atoms with Gasteiger partial charge in [-0.15, -0.1) is 0 Å². The number of morpholine rings is 1. The molecule has 1 saturated heterocycles. The number of anilines is 4. The molecule has 0 saturated carbocycles. The molecule has 7 nitrogen and oxygen atoms in total. The summed E-state index contributed by atoms with van der Waals surface area (Å²) in [6.07, 6.45) is 1.73. The molecule has 1 aliphatic heterocycles. The smallest absolute Gasteiger partial charge is 0.300 e. The van der Waals surface area contributed by atoms with E-state index in [-0.39, 0.29) is 5.91 Å². The molecule has 0 radical (unpaired) electrons. The maximum atomic E-state index is 11.6. The second-order valence-corrected chi connectivity index (χ2v) is 8.04. The van der Waals surface area contributed by atoms with Crippen molar-refractivity contribution in [3.8, 4) is 11.8 Å². The van der Waals surface area contributed by atoms with Crippen molar-refractivity contribution >= 4 is 40.7 Å². The molecule has 0 unspecified atom stereocenters. The van der Waals surface area contributed by atoms with E-state index in [2.05, 4.69) is 49.5 Å². The van der Waals surface area contributed by atoms with Gasteiger partial charge in [-0.3, -0.25) is 4.79 Å². The van der Waals surface area contributed by atoms with E-state index in [1.807, 2.05) is 42.5 Å². The molecule has 3 aromatic rings. The number of hydrogen-bond donors (Lipinski definition) is 2. The molecule has 32 heavy (non-hydrogen) atoms. The lowest BCUT2D eigenvalue weighted by molar-refractivity contribution is -0.111. The number of carbonyl (C=O) groups is 1. The second-order valence-electron chi connectivity index (χ2n) is 6.95. The molecule has 0 aliphatic carbocycles. The summed E-state index contributed by atoms with van der Waals surface area (Å²) in [5.41, 5.74) is 2.82. The van der Waals surface area contributed by atoms with E-state index in [0.717, 1.165) is 41.9 Å². The summed E-state index contributed by atoms with van der Waals surface area (Å²) in [7, 11) is 0. The predicted octanol–water partition coefficient (Wildman–Crippen LogP) is 4.17. The Labute approximate surface area is 191 Å². The third-order valence-corrected chi connectivity index (χ3v) is 5.65. The first-order valence-corrected chi connectivity index (χ1v) is 11.1. The largest absolute Gasteiger partial charge is 0.378 e. The molecule has 0 atom stereocenters. The van der Waals surface area contributed by atoms with Crippen LogP contribution in [0.25, 0.3) is 0 Å². The molecule has 1 amide bonds. The van der Waals surface area contributed by atoms with Gasteiger partial charge in [0.05, 0.1) is 13.2 Å². The zero-order valence-electron chi connectivity index (χ0n) is 17.7. The van der Waals surface area contributed by atoms with Crippen LogP contribution in [0.3, 0.4) is 0 Å². The summed E-state index contributed by atoms with van der Waals surface area (Å²) in [5, 5.41) is 6.81. The molecule has 8 heteroatoms. The summed E-state index contributed by atoms with van der Waals surface area (Å²) in [6.45, 7) is 4.99. The Morgan fingerprint density at radius 2 is 1.75 bits per heavy atom. The van der Waals surface area contributed by atoms with Crippen molar-refractivity contribution in [2.24, 2.45) is 0 Å². The molecular weight excluding hydrogens is 422 g/mol. The second kappa shape index (κ2) is 10.7. The lowest BCUT2D eigenvalue weighted by Crippen LogP contribution is -2.36. The van der Waals surface area contributed by atoms with E-state index in [9.17, 15) is 4.79 Å². The third-order valence-electron chi connectivity index (χ3n) is 4.70. The van der Waals surface area contributed by atoms with Crippen LogP contribution >= 0.6 is 11.8 Å². The van der Waals surface area contributed by atoms with Crippen molar-refractivity contribution in [2.75, 3.05) is 41.8 Å². The average molecular weight is 446 g/mol. The van der Waals surface area contributed by atoms with Gasteiger partial charge in [0.25, 0.3) is 5.91 Å². The van der Waals surface area contributed by atoms with Crippen LogP contribution in [0.15, 0.2) is 70.7 Å². The van der Waals surface area contributed by atoms with E-state index < -0.39 is 0 Å². The Kier molecular flexibility index (Phi) is 7.23. The van der Waals surface area contributed by atoms with Gasteiger partial charge in [-0.2, -0.15) is 0 Å². The number of nitrogens with zero attached hydrogens (tertiary/aromatic N) is 3. The predicted molar refractivity (Wildman–Crippen MR) is 127 cm³/mol. The average Bonchev–Trinajstić information content (AvgIpc) is 2.82. The van der Waals surface area contributed by atoms with E-state index in [1.165, 1.54) is 17.4 Å². The van der Waals surface area contributed by atoms with Crippen molar-refractivity contribution in [3.05, 3.63) is 60.8 Å². The maximum Gasteiger partial charge on any atom is 0.300 e. The zero-order valence-corrected chi connectivity index (χ0v) is 18.5. The number of hydrogen-bond acceptors (Lipinski definition) is 7. The van der Waals surface area contributed by atoms with Crippen molar-refractivity contribution < 1.29 is 9.53 Å². The molecule has 1 aromatic heterocycles. The van der Waals surface area contributed by atoms with Crippen LogP contribution in [0.5, 0.6) is 0 Å². The highest BCUT2D eigenvalue weighted by atomic mass is 32.2. The SMILES string of the molecule is CC#CC(=O)Nc1ccc(Sc2ccnc(Nc3ccc(N4CCOCC4)cc3)n2)cc1. The van der Waals surface area contributed by atoms with Crippen LogP contribution in [-0.4, -0.2) is 42.2 Å². The number of benzene rings is 2. The number of amides is 1. The molecule has 0 spiro atoms. The number of ether oxygens (including phenoxy) is 1. The first-order valence-electron chi connectivity index (χ1n) is 10.2. The fourth-order valence-corrected chi connectivity index (χ4v) is 3.94. The number of rotatable bonds is 6. The molecule has 1 aliphatic rings. The number of carbonyl (C=O) groups excluding carboxylic acids is 1. The summed E-state index contributed by atoms with van der Waals surface area (Å²) in [5.74, 6) is 5.25. The molecule has 2 aromatic carbocycles. The van der Waals surface area contributed by atoms with Gasteiger partial charge < -0.3 is 20.3 Å². The Hall–Kier alpha value is -3.54. The van der Waals surface area contributed by atoms with Gasteiger partial charge in [0, 0.05) is 41.2 Å². The fraction of sp³-hybridized carbons (Fsp3) is 0.208. The quantitative estimate of drug-likeness (QED) is 0.435. The van der Waals surface area contributed by atoms with Crippen molar-refractivity contribution in [1.29, 1.82) is 0 Å². The van der Waals surface area contributed by atoms with Gasteiger partial charge in [0.2, 0.25) is 5.95 Å². The van der Waals surface area contributed by atoms with Crippen LogP contribution in [0.1, 0.15) is 6.92 Å². The van der Waals surface area contributed by atoms with E-state index in [1.54, 1.807) is 13.1 Å². The fourth-order valence-electron chi connectivity index (χ4n) is 3.17. The summed E-state index contributed by atoms with van der Waals surface area (Å²) in [4.78, 5) is 23.8. The standard InChI is InChI=1S/C24H23N5O2S/c1-2-3-22(30)26-18-6-10-21(11-7-18)32-23-12-13-25-24(28-23)27-19-4-8-20(9-5-19)29-14-16-31-17-15-29/h4-13H,14-17H2,1H3,(H,26,30)(H,25,27,28). The van der Waals surface area contributed by atoms with Crippen LogP contribution in [0, 0.1) is 11.8 Å². The van der Waals surface area contributed by atoms with E-state index in [0.29, 0.717) is 11.6 Å². The van der Waals surface area contributed by atoms with Crippen molar-refractivity contribution in [1.82, 2.24) is 9.97 Å². The monoisotopic (exact) mass is 445 g/mol. The van der Waals surface area contributed by atoms with Crippen LogP contribution in [-0.2, 0) is 9.53 Å². The lowest BCUT2D eigenvalue weighted by atomic mass is 10.2. The molecule has 2 heterocycles. The Morgan fingerprint density at radius 1 is 1.03 bits per heavy atom. The molecule has 2 N–H and O–H groups in total. The first kappa shape index (κ1) is 21.7. The van der Waals surface area contributed by atoms with Crippen molar-refractivity contribution in [2.45, 2.75) is 16.8 Å². The highest BCUT2D eigenvalue weighted by molar-refractivity contribution is 7.99. The van der Waals surface area contributed by atoms with Gasteiger partial charge >= 0.3 is 0 Å². The molecule has 4 rings (SSSR count). The third kappa shape index (κ3) is 6.00. The molecule has 162 valence electrons. The van der Waals surface area contributed by atoms with Crippen LogP contribution in [0.4, 0.5) is 23.0 Å². The first-order chi connectivity index (χ1) is 15.7. The van der Waals surface area contributed by atoms with Gasteiger partial charge in [0.15, 0.2) is 0 Å². The molecular formula is C24H23N5O2S. The molecule has 0 bridgehead atoms. The van der Waals surface area contributed by atoms with Gasteiger partial charge in [-0.05, 0) is 67.4 Å². The van der Waals surface area contributed by atoms with Gasteiger partial charge in [-0.25, -0.2) is 9.97 Å². The van der Waals surface area contributed by atoms with Crippen LogP contribution < -0.4 is 15.5 Å². The minimum atomic E-state index is -0.322. The summed E-state index contributed by atoms with van der Waals surface area (Å²) in [6, 6.07) is 17.7. The topological polar surface area (TPSA) is 79.4 Å². The summed E-state index contributed by atoms with van der Waals surface area (Å²) < 4.78 is 5.41. The lowest BCUT2D eigenvalue weighted by Gasteiger charge is -2.28. The highest BCUT2D eigenvalue weighted by Gasteiger charge is 2.11. The number of nitrogens with one attached hydrogen (secondary N) is 2. The zero-order chi connectivity index (χ0) is 22.2. The van der Waals surface area contributed by atoms with Gasteiger partial charge in [0.1, 0.15) is 5.03 Å². The minimum Gasteiger partial charge on any atom is -0.378 e.